The first-order chi connectivity index (χ1) is 13.3. The largest absolute Gasteiger partial charge is 0.468 e. The standard InChI is InChI=1S/C22H30N4O/c1-16-8-3-4-9-17(16)18-14-19(18)25-22(23-2)24-15-20(21-10-7-13-27-21)26-11-5-6-12-26/h3-4,7-10,13,18-20H,5-6,11-12,14-15H2,1-2H3,(H2,23,24,25). The average molecular weight is 367 g/mol. The van der Waals surface area contributed by atoms with Gasteiger partial charge in [-0.05, 0) is 62.5 Å². The Kier molecular flexibility index (Phi) is 5.48. The van der Waals surface area contributed by atoms with Gasteiger partial charge in [0.05, 0.1) is 12.3 Å². The minimum absolute atomic E-state index is 0.257. The monoisotopic (exact) mass is 366 g/mol. The van der Waals surface area contributed by atoms with Crippen LogP contribution in [0.1, 0.15) is 48.1 Å². The van der Waals surface area contributed by atoms with Gasteiger partial charge < -0.3 is 15.1 Å². The zero-order valence-corrected chi connectivity index (χ0v) is 16.3. The Morgan fingerprint density at radius 1 is 1.22 bits per heavy atom. The second kappa shape index (κ2) is 8.17. The minimum atomic E-state index is 0.257. The van der Waals surface area contributed by atoms with Gasteiger partial charge in [-0.15, -0.1) is 0 Å². The van der Waals surface area contributed by atoms with Crippen molar-refractivity contribution in [1.29, 1.82) is 0 Å². The molecule has 5 nitrogen and oxygen atoms in total. The van der Waals surface area contributed by atoms with Crippen LogP contribution in [0.25, 0.3) is 0 Å². The molecule has 0 spiro atoms. The summed E-state index contributed by atoms with van der Waals surface area (Å²) >= 11 is 0. The number of aryl methyl sites for hydroxylation is 1. The number of guanidine groups is 1. The number of benzene rings is 1. The Hall–Kier alpha value is -2.27. The fourth-order valence-corrected chi connectivity index (χ4v) is 4.21. The Bertz CT molecular complexity index is 764. The molecule has 1 saturated carbocycles. The van der Waals surface area contributed by atoms with Crippen molar-refractivity contribution < 1.29 is 4.42 Å². The molecule has 2 aliphatic rings. The number of aliphatic imine (C=N–C) groups is 1. The lowest BCUT2D eigenvalue weighted by atomic mass is 10.0. The first kappa shape index (κ1) is 18.1. The van der Waals surface area contributed by atoms with Crippen molar-refractivity contribution >= 4 is 5.96 Å². The second-order valence-corrected chi connectivity index (χ2v) is 7.68. The molecule has 2 fully saturated rings. The van der Waals surface area contributed by atoms with Crippen LogP contribution in [0.15, 0.2) is 52.1 Å². The van der Waals surface area contributed by atoms with E-state index in [0.29, 0.717) is 12.0 Å². The molecule has 3 unspecified atom stereocenters. The molecule has 1 aromatic heterocycles. The number of hydrogen-bond acceptors (Lipinski definition) is 3. The molecule has 1 aliphatic heterocycles. The first-order valence-electron chi connectivity index (χ1n) is 10.1. The molecule has 3 atom stereocenters. The Balaban J connectivity index is 1.34. The van der Waals surface area contributed by atoms with Crippen LogP contribution >= 0.6 is 0 Å². The van der Waals surface area contributed by atoms with Crippen LogP contribution in [0.4, 0.5) is 0 Å². The molecule has 0 bridgehead atoms. The Morgan fingerprint density at radius 2 is 2.04 bits per heavy atom. The summed E-state index contributed by atoms with van der Waals surface area (Å²) in [6.45, 7) is 5.27. The molecule has 2 aromatic rings. The Labute approximate surface area is 161 Å². The number of rotatable bonds is 6. The van der Waals surface area contributed by atoms with Gasteiger partial charge >= 0.3 is 0 Å². The molecule has 144 valence electrons. The van der Waals surface area contributed by atoms with E-state index in [9.17, 15) is 0 Å². The molecule has 0 amide bonds. The van der Waals surface area contributed by atoms with Crippen molar-refractivity contribution in [1.82, 2.24) is 15.5 Å². The van der Waals surface area contributed by atoms with Crippen molar-refractivity contribution in [3.8, 4) is 0 Å². The molecular formula is C22H30N4O. The third kappa shape index (κ3) is 4.19. The molecule has 4 rings (SSSR count). The van der Waals surface area contributed by atoms with E-state index in [4.69, 9.17) is 4.42 Å². The lowest BCUT2D eigenvalue weighted by Gasteiger charge is -2.26. The van der Waals surface area contributed by atoms with E-state index in [1.807, 2.05) is 13.1 Å². The maximum Gasteiger partial charge on any atom is 0.191 e. The predicted octanol–water partition coefficient (Wildman–Crippen LogP) is 3.45. The predicted molar refractivity (Wildman–Crippen MR) is 109 cm³/mol. The zero-order valence-electron chi connectivity index (χ0n) is 16.3. The quantitative estimate of drug-likeness (QED) is 0.607. The van der Waals surface area contributed by atoms with Gasteiger partial charge in [0, 0.05) is 25.6 Å². The van der Waals surface area contributed by atoms with Crippen molar-refractivity contribution in [3.63, 3.8) is 0 Å². The number of nitrogens with one attached hydrogen (secondary N) is 2. The lowest BCUT2D eigenvalue weighted by molar-refractivity contribution is 0.215. The van der Waals surface area contributed by atoms with E-state index in [2.05, 4.69) is 57.8 Å². The summed E-state index contributed by atoms with van der Waals surface area (Å²) in [5.41, 5.74) is 2.83. The highest BCUT2D eigenvalue weighted by atomic mass is 16.3. The van der Waals surface area contributed by atoms with Gasteiger partial charge in [0.15, 0.2) is 5.96 Å². The van der Waals surface area contributed by atoms with Crippen LogP contribution in [0.5, 0.6) is 0 Å². The summed E-state index contributed by atoms with van der Waals surface area (Å²) in [5.74, 6) is 2.50. The molecular weight excluding hydrogens is 336 g/mol. The molecule has 5 heteroatoms. The van der Waals surface area contributed by atoms with Crippen LogP contribution in [-0.2, 0) is 0 Å². The molecule has 0 radical (unpaired) electrons. The van der Waals surface area contributed by atoms with E-state index in [1.54, 1.807) is 6.26 Å². The van der Waals surface area contributed by atoms with Crippen LogP contribution in [0.3, 0.4) is 0 Å². The molecule has 2 N–H and O–H groups in total. The summed E-state index contributed by atoms with van der Waals surface area (Å²) in [6.07, 6.45) is 5.47. The zero-order chi connectivity index (χ0) is 18.6. The summed E-state index contributed by atoms with van der Waals surface area (Å²) < 4.78 is 5.71. The SMILES string of the molecule is CN=C(NCC(c1ccco1)N1CCCC1)NC1CC1c1ccccc1C. The van der Waals surface area contributed by atoms with Crippen LogP contribution in [-0.4, -0.2) is 43.6 Å². The molecule has 27 heavy (non-hydrogen) atoms. The topological polar surface area (TPSA) is 52.8 Å². The molecule has 1 aliphatic carbocycles. The van der Waals surface area contributed by atoms with Gasteiger partial charge in [0.2, 0.25) is 0 Å². The van der Waals surface area contributed by atoms with Crippen molar-refractivity contribution in [3.05, 3.63) is 59.5 Å². The third-order valence-electron chi connectivity index (χ3n) is 5.84. The maximum absolute atomic E-state index is 5.71. The molecule has 1 aromatic carbocycles. The fourth-order valence-electron chi connectivity index (χ4n) is 4.21. The summed E-state index contributed by atoms with van der Waals surface area (Å²) in [5, 5.41) is 7.13. The Morgan fingerprint density at radius 3 is 2.74 bits per heavy atom. The van der Waals surface area contributed by atoms with Crippen LogP contribution in [0, 0.1) is 6.92 Å². The summed E-state index contributed by atoms with van der Waals surface area (Å²) in [6, 6.07) is 13.5. The van der Waals surface area contributed by atoms with Crippen LogP contribution < -0.4 is 10.6 Å². The average Bonchev–Trinajstić information content (AvgIpc) is 3.10. The van der Waals surface area contributed by atoms with E-state index >= 15 is 0 Å². The van der Waals surface area contributed by atoms with Gasteiger partial charge in [0.1, 0.15) is 5.76 Å². The highest BCUT2D eigenvalue weighted by Crippen LogP contribution is 2.42. The van der Waals surface area contributed by atoms with Crippen molar-refractivity contribution in [2.75, 3.05) is 26.7 Å². The van der Waals surface area contributed by atoms with Crippen molar-refractivity contribution in [2.24, 2.45) is 4.99 Å². The highest BCUT2D eigenvalue weighted by molar-refractivity contribution is 5.80. The minimum Gasteiger partial charge on any atom is -0.468 e. The van der Waals surface area contributed by atoms with Gasteiger partial charge in [-0.1, -0.05) is 24.3 Å². The van der Waals surface area contributed by atoms with E-state index < -0.39 is 0 Å². The normalized spacial score (nSPS) is 24.0. The second-order valence-electron chi connectivity index (χ2n) is 7.68. The molecule has 2 heterocycles. The summed E-state index contributed by atoms with van der Waals surface area (Å²) in [7, 11) is 1.85. The fraction of sp³-hybridized carbons (Fsp3) is 0.500. The maximum atomic E-state index is 5.71. The van der Waals surface area contributed by atoms with E-state index in [0.717, 1.165) is 31.4 Å². The lowest BCUT2D eigenvalue weighted by Crippen LogP contribution is -2.43. The van der Waals surface area contributed by atoms with Crippen LogP contribution in [0.2, 0.25) is 0 Å². The summed E-state index contributed by atoms with van der Waals surface area (Å²) in [4.78, 5) is 6.95. The molecule has 1 saturated heterocycles. The highest BCUT2D eigenvalue weighted by Gasteiger charge is 2.39. The van der Waals surface area contributed by atoms with Gasteiger partial charge in [0.25, 0.3) is 0 Å². The smallest absolute Gasteiger partial charge is 0.191 e. The van der Waals surface area contributed by atoms with Gasteiger partial charge in [-0.3, -0.25) is 9.89 Å². The number of nitrogens with zero attached hydrogens (tertiary/aromatic N) is 2. The number of likely N-dealkylation sites (tertiary alicyclic amines) is 1. The van der Waals surface area contributed by atoms with Gasteiger partial charge in [-0.25, -0.2) is 0 Å². The first-order valence-corrected chi connectivity index (χ1v) is 10.1. The number of hydrogen-bond donors (Lipinski definition) is 2. The van der Waals surface area contributed by atoms with Gasteiger partial charge in [-0.2, -0.15) is 0 Å². The third-order valence-corrected chi connectivity index (χ3v) is 5.84. The van der Waals surface area contributed by atoms with E-state index in [-0.39, 0.29) is 6.04 Å². The van der Waals surface area contributed by atoms with E-state index in [1.165, 1.54) is 30.4 Å². The van der Waals surface area contributed by atoms with Crippen molar-refractivity contribution in [2.45, 2.75) is 44.2 Å². The number of furan rings is 1.